The number of nitrogens with zero attached hydrogens (tertiary/aromatic N) is 1. The van der Waals surface area contributed by atoms with Crippen molar-refractivity contribution in [3.8, 4) is 0 Å². The Hall–Kier alpha value is -1.08. The molecule has 0 spiro atoms. The van der Waals surface area contributed by atoms with Crippen LogP contribution in [0.4, 0.5) is 13.2 Å². The van der Waals surface area contributed by atoms with Crippen molar-refractivity contribution in [3.05, 3.63) is 12.7 Å². The summed E-state index contributed by atoms with van der Waals surface area (Å²) in [6.45, 7) is 3.81. The van der Waals surface area contributed by atoms with Crippen molar-refractivity contribution in [2.24, 2.45) is 0 Å². The number of morpholine rings is 1. The predicted molar refractivity (Wildman–Crippen MR) is 43.7 cm³/mol. The Morgan fingerprint density at radius 2 is 2.27 bits per heavy atom. The average Bonchev–Trinajstić information content (AvgIpc) is 2.16. The van der Waals surface area contributed by atoms with Gasteiger partial charge in [0, 0.05) is 0 Å². The predicted octanol–water partition coefficient (Wildman–Crippen LogP) is 0.894. The van der Waals surface area contributed by atoms with Crippen molar-refractivity contribution >= 4 is 5.97 Å². The number of hydroxylamine groups is 2. The number of hydrogen-bond acceptors (Lipinski definition) is 4. The molecule has 0 aromatic carbocycles. The molecular formula is C8H10F3NO3. The molecule has 1 unspecified atom stereocenters. The second kappa shape index (κ2) is 4.63. The molecule has 1 aliphatic heterocycles. The van der Waals surface area contributed by atoms with Gasteiger partial charge in [0.25, 0.3) is 0 Å². The smallest absolute Gasteiger partial charge is 0.371 e. The molecule has 0 bridgehead atoms. The van der Waals surface area contributed by atoms with E-state index in [0.29, 0.717) is 0 Å². The number of carbonyl (C=O) groups is 1. The van der Waals surface area contributed by atoms with Gasteiger partial charge in [-0.2, -0.15) is 13.2 Å². The third kappa shape index (κ3) is 3.52. The van der Waals surface area contributed by atoms with Gasteiger partial charge in [0.1, 0.15) is 0 Å². The molecular weight excluding hydrogens is 215 g/mol. The van der Waals surface area contributed by atoms with Crippen LogP contribution in [-0.4, -0.2) is 43.0 Å². The van der Waals surface area contributed by atoms with Gasteiger partial charge in [0.2, 0.25) is 0 Å². The number of carbonyl (C=O) groups excluding carboxylic acids is 1. The normalized spacial score (nSPS) is 23.5. The Labute approximate surface area is 84.2 Å². The van der Waals surface area contributed by atoms with E-state index in [-0.39, 0.29) is 19.7 Å². The third-order valence-corrected chi connectivity index (χ3v) is 1.76. The van der Waals surface area contributed by atoms with Crippen molar-refractivity contribution in [2.75, 3.05) is 19.7 Å². The molecule has 1 atom stereocenters. The lowest BCUT2D eigenvalue weighted by Gasteiger charge is -2.29. The fourth-order valence-electron chi connectivity index (χ4n) is 1.05. The van der Waals surface area contributed by atoms with Crippen LogP contribution in [0.5, 0.6) is 0 Å². The maximum Gasteiger partial charge on any atom is 0.492 e. The molecule has 7 heteroatoms. The first-order valence-corrected chi connectivity index (χ1v) is 4.21. The topological polar surface area (TPSA) is 38.8 Å². The van der Waals surface area contributed by atoms with Crippen LogP contribution in [0.1, 0.15) is 0 Å². The van der Waals surface area contributed by atoms with Gasteiger partial charge in [0.05, 0.1) is 25.8 Å². The second-order valence-electron chi connectivity index (χ2n) is 2.91. The Bertz CT molecular complexity index is 254. The molecule has 0 N–H and O–H groups in total. The monoisotopic (exact) mass is 225 g/mol. The van der Waals surface area contributed by atoms with E-state index < -0.39 is 18.2 Å². The lowest BCUT2D eigenvalue weighted by Crippen LogP contribution is -2.44. The summed E-state index contributed by atoms with van der Waals surface area (Å²) in [5.41, 5.74) is 0. The first-order valence-electron chi connectivity index (χ1n) is 4.21. The molecule has 0 saturated carbocycles. The fourth-order valence-corrected chi connectivity index (χ4v) is 1.05. The van der Waals surface area contributed by atoms with Gasteiger partial charge in [-0.05, 0) is 0 Å². The summed E-state index contributed by atoms with van der Waals surface area (Å²) >= 11 is 0. The summed E-state index contributed by atoms with van der Waals surface area (Å²) in [6, 6.07) is 0. The van der Waals surface area contributed by atoms with Crippen LogP contribution in [0.3, 0.4) is 0 Å². The quantitative estimate of drug-likeness (QED) is 0.654. The molecule has 86 valence electrons. The van der Waals surface area contributed by atoms with Crippen LogP contribution in [0, 0.1) is 0 Å². The molecule has 1 heterocycles. The zero-order valence-electron chi connectivity index (χ0n) is 7.79. The van der Waals surface area contributed by atoms with Gasteiger partial charge >= 0.3 is 12.1 Å². The van der Waals surface area contributed by atoms with E-state index >= 15 is 0 Å². The van der Waals surface area contributed by atoms with Gasteiger partial charge in [-0.3, -0.25) is 0 Å². The van der Waals surface area contributed by atoms with Crippen LogP contribution in [-0.2, 0) is 14.4 Å². The van der Waals surface area contributed by atoms with Crippen LogP contribution in [0.25, 0.3) is 0 Å². The molecule has 0 aliphatic carbocycles. The number of rotatable bonds is 2. The van der Waals surface area contributed by atoms with E-state index in [1.165, 1.54) is 6.08 Å². The molecule has 0 amide bonds. The number of alkyl halides is 3. The van der Waals surface area contributed by atoms with Crippen LogP contribution in [0.15, 0.2) is 12.7 Å². The minimum Gasteiger partial charge on any atom is -0.371 e. The summed E-state index contributed by atoms with van der Waals surface area (Å²) in [4.78, 5) is 14.6. The van der Waals surface area contributed by atoms with E-state index in [2.05, 4.69) is 11.4 Å². The van der Waals surface area contributed by atoms with Crippen molar-refractivity contribution < 1.29 is 27.5 Å². The highest BCUT2D eigenvalue weighted by Crippen LogP contribution is 2.18. The van der Waals surface area contributed by atoms with Crippen LogP contribution in [0.2, 0.25) is 0 Å². The molecule has 0 aromatic rings. The highest BCUT2D eigenvalue weighted by atomic mass is 19.4. The molecule has 15 heavy (non-hydrogen) atoms. The van der Waals surface area contributed by atoms with E-state index in [1.54, 1.807) is 0 Å². The van der Waals surface area contributed by atoms with E-state index in [4.69, 9.17) is 4.74 Å². The van der Waals surface area contributed by atoms with Gasteiger partial charge in [-0.15, -0.1) is 11.6 Å². The SMILES string of the molecule is C=CC1CN(OC(=O)C(F)(F)F)CCO1. The molecule has 1 fully saturated rings. The lowest BCUT2D eigenvalue weighted by atomic mass is 10.3. The minimum absolute atomic E-state index is 0.0608. The molecule has 1 saturated heterocycles. The van der Waals surface area contributed by atoms with Gasteiger partial charge in [-0.25, -0.2) is 4.79 Å². The van der Waals surface area contributed by atoms with Gasteiger partial charge in [-0.1, -0.05) is 6.08 Å². The Kier molecular flexibility index (Phi) is 3.70. The van der Waals surface area contributed by atoms with E-state index in [0.717, 1.165) is 5.06 Å². The summed E-state index contributed by atoms with van der Waals surface area (Å²) in [5.74, 6) is -2.22. The Morgan fingerprint density at radius 1 is 1.60 bits per heavy atom. The maximum atomic E-state index is 11.8. The maximum absolute atomic E-state index is 11.8. The second-order valence-corrected chi connectivity index (χ2v) is 2.91. The molecule has 4 nitrogen and oxygen atoms in total. The van der Waals surface area contributed by atoms with Crippen molar-refractivity contribution in [1.29, 1.82) is 0 Å². The summed E-state index contributed by atoms with van der Waals surface area (Å²) in [7, 11) is 0. The van der Waals surface area contributed by atoms with Gasteiger partial charge in [0.15, 0.2) is 0 Å². The third-order valence-electron chi connectivity index (χ3n) is 1.76. The number of halogens is 3. The van der Waals surface area contributed by atoms with Crippen LogP contribution >= 0.6 is 0 Å². The summed E-state index contributed by atoms with van der Waals surface area (Å²) < 4.78 is 40.6. The molecule has 1 aliphatic rings. The standard InChI is InChI=1S/C8H10F3NO3/c1-2-6-5-12(3-4-14-6)15-7(13)8(9,10)11/h2,6H,1,3-5H2. The molecule has 0 radical (unpaired) electrons. The highest BCUT2D eigenvalue weighted by Gasteiger charge is 2.43. The minimum atomic E-state index is -4.97. The first-order chi connectivity index (χ1) is 6.93. The molecule has 1 rings (SSSR count). The summed E-state index contributed by atoms with van der Waals surface area (Å²) in [6.07, 6.45) is -3.95. The van der Waals surface area contributed by atoms with E-state index in [9.17, 15) is 18.0 Å². The van der Waals surface area contributed by atoms with Gasteiger partial charge < -0.3 is 9.57 Å². The van der Waals surface area contributed by atoms with E-state index in [1.807, 2.05) is 0 Å². The fraction of sp³-hybridized carbons (Fsp3) is 0.625. The zero-order chi connectivity index (χ0) is 11.5. The number of ether oxygens (including phenoxy) is 1. The largest absolute Gasteiger partial charge is 0.492 e. The van der Waals surface area contributed by atoms with Crippen molar-refractivity contribution in [3.63, 3.8) is 0 Å². The zero-order valence-corrected chi connectivity index (χ0v) is 7.79. The Balaban J connectivity index is 2.45. The van der Waals surface area contributed by atoms with Crippen molar-refractivity contribution in [2.45, 2.75) is 12.3 Å². The van der Waals surface area contributed by atoms with Crippen LogP contribution < -0.4 is 0 Å². The average molecular weight is 225 g/mol. The lowest BCUT2D eigenvalue weighted by molar-refractivity contribution is -0.250. The van der Waals surface area contributed by atoms with Crippen molar-refractivity contribution in [1.82, 2.24) is 5.06 Å². The Morgan fingerprint density at radius 3 is 2.80 bits per heavy atom. The molecule has 0 aromatic heterocycles. The first kappa shape index (κ1) is 12.0. The summed E-state index contributed by atoms with van der Waals surface area (Å²) in [5, 5.41) is 0.922. The highest BCUT2D eigenvalue weighted by molar-refractivity contribution is 5.75. The number of hydrogen-bond donors (Lipinski definition) is 0.